The number of pyridine rings is 1. The molecule has 1 atom stereocenters. The van der Waals surface area contributed by atoms with E-state index < -0.39 is 17.1 Å². The second kappa shape index (κ2) is 12.5. The summed E-state index contributed by atoms with van der Waals surface area (Å²) in [7, 11) is 1.82. The first-order chi connectivity index (χ1) is 17.7. The number of aliphatic carboxylic acids is 1. The normalized spacial score (nSPS) is 11.9. The molecule has 0 saturated heterocycles. The van der Waals surface area contributed by atoms with Gasteiger partial charge in [0.05, 0.1) is 20.5 Å². The van der Waals surface area contributed by atoms with E-state index in [-0.39, 0.29) is 5.69 Å². The molecule has 192 valence electrons. The number of amides is 1. The average molecular weight is 614 g/mol. The van der Waals surface area contributed by atoms with E-state index in [0.717, 1.165) is 4.90 Å². The van der Waals surface area contributed by atoms with E-state index in [4.69, 9.17) is 23.2 Å². The Balaban J connectivity index is 1.60. The number of hydrogen-bond donors (Lipinski definition) is 2. The Hall–Kier alpha value is -2.29. The summed E-state index contributed by atoms with van der Waals surface area (Å²) in [5.74, 6) is -1.35. The van der Waals surface area contributed by atoms with Crippen molar-refractivity contribution in [3.63, 3.8) is 0 Å². The van der Waals surface area contributed by atoms with Crippen LogP contribution < -0.4 is 5.32 Å². The molecule has 3 aromatic heterocycles. The molecule has 37 heavy (non-hydrogen) atoms. The summed E-state index contributed by atoms with van der Waals surface area (Å²) in [6.45, 7) is 1.81. The molecule has 4 rings (SSSR count). The Kier molecular flexibility index (Phi) is 9.37. The fraction of sp³-hybridized carbons (Fsp3) is 0.182. The maximum absolute atomic E-state index is 13.4. The molecule has 1 aromatic carbocycles. The van der Waals surface area contributed by atoms with Gasteiger partial charge in [-0.1, -0.05) is 65.0 Å². The molecule has 2 N–H and O–H groups in total. The molecule has 3 heterocycles. The van der Waals surface area contributed by atoms with Gasteiger partial charge in [0.1, 0.15) is 22.3 Å². The predicted octanol–water partition coefficient (Wildman–Crippen LogP) is 6.48. The maximum Gasteiger partial charge on any atom is 0.317 e. The van der Waals surface area contributed by atoms with Gasteiger partial charge < -0.3 is 9.67 Å². The minimum absolute atomic E-state index is 0.185. The smallest absolute Gasteiger partial charge is 0.317 e. The Bertz CT molecular complexity index is 1450. The lowest BCUT2D eigenvalue weighted by Gasteiger charge is -2.10. The third-order valence-electron chi connectivity index (χ3n) is 4.64. The molecule has 9 nitrogen and oxygen atoms in total. The molecule has 0 saturated carbocycles. The van der Waals surface area contributed by atoms with E-state index in [2.05, 4.69) is 25.5 Å². The Morgan fingerprint density at radius 3 is 2.68 bits per heavy atom. The van der Waals surface area contributed by atoms with Gasteiger partial charge in [0, 0.05) is 16.8 Å². The lowest BCUT2D eigenvalue weighted by molar-refractivity contribution is -0.136. The number of nitrogens with one attached hydrogen (secondary N) is 1. The van der Waals surface area contributed by atoms with Gasteiger partial charge in [0.25, 0.3) is 5.91 Å². The molecule has 0 bridgehead atoms. The fourth-order valence-electron chi connectivity index (χ4n) is 2.83. The highest BCUT2D eigenvalue weighted by Crippen LogP contribution is 2.37. The van der Waals surface area contributed by atoms with E-state index >= 15 is 0 Å². The average Bonchev–Trinajstić information content (AvgIpc) is 3.48. The molecule has 0 spiro atoms. The Morgan fingerprint density at radius 1 is 1.19 bits per heavy atom. The predicted molar refractivity (Wildman–Crippen MR) is 148 cm³/mol. The quantitative estimate of drug-likeness (QED) is 0.192. The van der Waals surface area contributed by atoms with Crippen molar-refractivity contribution in [2.75, 3.05) is 5.32 Å². The summed E-state index contributed by atoms with van der Waals surface area (Å²) in [6.07, 6.45) is 3.60. The highest BCUT2D eigenvalue weighted by molar-refractivity contribution is 8.02. The monoisotopic (exact) mass is 612 g/mol. The number of rotatable bonds is 10. The first kappa shape index (κ1) is 27.7. The van der Waals surface area contributed by atoms with Gasteiger partial charge >= 0.3 is 5.97 Å². The summed E-state index contributed by atoms with van der Waals surface area (Å²) < 4.78 is 2.44. The number of carboxylic acids is 1. The van der Waals surface area contributed by atoms with Crippen molar-refractivity contribution in [2.45, 2.75) is 42.8 Å². The number of halogens is 2. The number of carbonyl (C=O) groups excluding carboxylic acids is 1. The molecular formula is C22H18Cl2N6O3S4. The van der Waals surface area contributed by atoms with Crippen molar-refractivity contribution in [1.29, 1.82) is 0 Å². The van der Waals surface area contributed by atoms with Crippen LogP contribution in [0.3, 0.4) is 0 Å². The van der Waals surface area contributed by atoms with Crippen LogP contribution in [-0.2, 0) is 11.8 Å². The molecule has 4 aromatic rings. The highest BCUT2D eigenvalue weighted by Gasteiger charge is 2.21. The zero-order valence-electron chi connectivity index (χ0n) is 19.2. The molecule has 0 aliphatic rings. The second-order valence-corrected chi connectivity index (χ2v) is 12.7. The van der Waals surface area contributed by atoms with Gasteiger partial charge in [-0.2, -0.15) is 0 Å². The van der Waals surface area contributed by atoms with Crippen LogP contribution in [0.1, 0.15) is 23.8 Å². The summed E-state index contributed by atoms with van der Waals surface area (Å²) >= 11 is 17.2. The van der Waals surface area contributed by atoms with E-state index in [1.165, 1.54) is 46.6 Å². The topological polar surface area (TPSA) is 123 Å². The molecule has 0 aliphatic carbocycles. The van der Waals surface area contributed by atoms with Crippen LogP contribution in [0.5, 0.6) is 0 Å². The van der Waals surface area contributed by atoms with Crippen molar-refractivity contribution in [2.24, 2.45) is 7.05 Å². The Labute approximate surface area is 238 Å². The van der Waals surface area contributed by atoms with E-state index in [1.54, 1.807) is 54.3 Å². The fourth-order valence-corrected chi connectivity index (χ4v) is 6.86. The molecule has 0 radical (unpaired) electrons. The molecule has 15 heteroatoms. The number of aryl methyl sites for hydroxylation is 1. The van der Waals surface area contributed by atoms with Crippen molar-refractivity contribution in [1.82, 2.24) is 24.7 Å². The van der Waals surface area contributed by atoms with Gasteiger partial charge in [0.15, 0.2) is 10.3 Å². The molecule has 0 aliphatic heterocycles. The van der Waals surface area contributed by atoms with Gasteiger partial charge in [-0.15, -0.1) is 10.2 Å². The van der Waals surface area contributed by atoms with Crippen molar-refractivity contribution >= 4 is 86.8 Å². The van der Waals surface area contributed by atoms with Gasteiger partial charge in [-0.25, -0.2) is 9.97 Å². The van der Waals surface area contributed by atoms with Crippen LogP contribution in [0, 0.1) is 0 Å². The third kappa shape index (κ3) is 7.18. The maximum atomic E-state index is 13.4. The van der Waals surface area contributed by atoms with Crippen LogP contribution in [0.25, 0.3) is 0 Å². The number of thiazole rings is 1. The van der Waals surface area contributed by atoms with Gasteiger partial charge in [-0.05, 0) is 48.5 Å². The van der Waals surface area contributed by atoms with E-state index in [9.17, 15) is 14.7 Å². The van der Waals surface area contributed by atoms with E-state index in [0.29, 0.717) is 40.9 Å². The van der Waals surface area contributed by atoms with Crippen LogP contribution >= 0.6 is 69.8 Å². The number of thioether (sulfide) groups is 1. The lowest BCUT2D eigenvalue weighted by atomic mass is 10.3. The molecule has 1 amide bonds. The van der Waals surface area contributed by atoms with Gasteiger partial charge in [0.2, 0.25) is 0 Å². The Morgan fingerprint density at radius 2 is 2.00 bits per heavy atom. The van der Waals surface area contributed by atoms with E-state index in [1.807, 2.05) is 7.05 Å². The zero-order valence-corrected chi connectivity index (χ0v) is 24.0. The number of hydrogen-bond acceptors (Lipinski definition) is 10. The number of nitrogens with zero attached hydrogens (tertiary/aromatic N) is 5. The largest absolute Gasteiger partial charge is 0.480 e. The molecule has 0 fully saturated rings. The minimum atomic E-state index is -0.892. The zero-order chi connectivity index (χ0) is 26.5. The summed E-state index contributed by atoms with van der Waals surface area (Å²) in [4.78, 5) is 34.9. The SMILES string of the molecule is CCC(Sc1cnc(NC(=O)c2nc(Sc3nncn3C)ccc2Sc2ccc(Cl)c(Cl)c2)s1)C(=O)O. The van der Waals surface area contributed by atoms with Crippen molar-refractivity contribution < 1.29 is 14.7 Å². The third-order valence-corrected chi connectivity index (χ3v) is 9.81. The molecule has 1 unspecified atom stereocenters. The molecular weight excluding hydrogens is 595 g/mol. The number of anilines is 1. The number of carbonyl (C=O) groups is 2. The van der Waals surface area contributed by atoms with Gasteiger partial charge in [-0.3, -0.25) is 14.9 Å². The van der Waals surface area contributed by atoms with Crippen LogP contribution in [0.4, 0.5) is 5.13 Å². The first-order valence-corrected chi connectivity index (χ1v) is 14.6. The lowest BCUT2D eigenvalue weighted by Crippen LogP contribution is -2.15. The number of carboxylic acid groups (broad SMARTS) is 1. The van der Waals surface area contributed by atoms with Crippen LogP contribution in [0.2, 0.25) is 10.0 Å². The summed E-state index contributed by atoms with van der Waals surface area (Å²) in [5, 5.41) is 21.8. The van der Waals surface area contributed by atoms with Crippen molar-refractivity contribution in [3.8, 4) is 0 Å². The van der Waals surface area contributed by atoms with Crippen molar-refractivity contribution in [3.05, 3.63) is 58.6 Å². The minimum Gasteiger partial charge on any atom is -0.480 e. The summed E-state index contributed by atoms with van der Waals surface area (Å²) in [5.41, 5.74) is 0.185. The standard InChI is InChI=1S/C22H18Cl2N6O3S4/c1-3-14(20(32)33)35-17-9-25-21(37-17)28-19(31)18-15(34-11-4-5-12(23)13(24)8-11)6-7-16(27-18)36-22-29-26-10-30(22)2/h4-10,14H,3H2,1-2H3,(H,32,33)(H,25,28,31). The number of benzene rings is 1. The highest BCUT2D eigenvalue weighted by atomic mass is 35.5. The second-order valence-electron chi connectivity index (χ2n) is 7.29. The first-order valence-electron chi connectivity index (χ1n) is 10.6. The number of aromatic nitrogens is 5. The van der Waals surface area contributed by atoms with Crippen LogP contribution in [-0.4, -0.2) is 47.0 Å². The summed E-state index contributed by atoms with van der Waals surface area (Å²) in [6, 6.07) is 8.81. The van der Waals surface area contributed by atoms with Crippen LogP contribution in [0.15, 0.2) is 67.0 Å².